The maximum absolute atomic E-state index is 11.6. The fraction of sp³-hybridized carbons (Fsp3) is 0.818. The molecule has 0 aromatic heterocycles. The van der Waals surface area contributed by atoms with Crippen LogP contribution >= 0.6 is 0 Å². The lowest BCUT2D eigenvalue weighted by molar-refractivity contribution is -0.142. The zero-order valence-corrected chi connectivity index (χ0v) is 8.24. The number of ketones is 1. The van der Waals surface area contributed by atoms with Gasteiger partial charge in [-0.2, -0.15) is 0 Å². The molecule has 2 aliphatic carbocycles. The molecule has 0 aromatic carbocycles. The second kappa shape index (κ2) is 3.71. The molecule has 0 saturated heterocycles. The molecule has 14 heavy (non-hydrogen) atoms. The predicted molar refractivity (Wildman–Crippen MR) is 50.8 cm³/mol. The third kappa shape index (κ3) is 1.68. The molecule has 2 unspecified atom stereocenters. The summed E-state index contributed by atoms with van der Waals surface area (Å²) in [5.74, 6) is -0.429. The predicted octanol–water partition coefficient (Wildman–Crippen LogP) is 1.86. The first-order valence-corrected chi connectivity index (χ1v) is 5.44. The molecule has 2 saturated carbocycles. The van der Waals surface area contributed by atoms with E-state index in [-0.39, 0.29) is 18.1 Å². The first-order valence-electron chi connectivity index (χ1n) is 5.44. The number of hydrogen-bond donors (Lipinski definition) is 1. The van der Waals surface area contributed by atoms with Crippen molar-refractivity contribution >= 4 is 11.8 Å². The number of Topliss-reactive ketones (excluding diaryl/α,β-unsaturated/α-hetero) is 1. The maximum atomic E-state index is 11.6. The smallest absolute Gasteiger partial charge is 0.306 e. The van der Waals surface area contributed by atoms with Crippen molar-refractivity contribution in [3.05, 3.63) is 0 Å². The highest BCUT2D eigenvalue weighted by molar-refractivity contribution is 5.89. The summed E-state index contributed by atoms with van der Waals surface area (Å²) in [5, 5.41) is 8.84. The molecule has 0 aliphatic heterocycles. The Balaban J connectivity index is 2.00. The molecular weight excluding hydrogens is 180 g/mol. The van der Waals surface area contributed by atoms with Gasteiger partial charge in [-0.3, -0.25) is 9.59 Å². The monoisotopic (exact) mass is 196 g/mol. The summed E-state index contributed by atoms with van der Waals surface area (Å²) in [7, 11) is 0. The average molecular weight is 196 g/mol. The summed E-state index contributed by atoms with van der Waals surface area (Å²) in [5.41, 5.74) is 0. The van der Waals surface area contributed by atoms with Crippen LogP contribution in [0.2, 0.25) is 0 Å². The maximum Gasteiger partial charge on any atom is 0.306 e. The minimum absolute atomic E-state index is 0.0681. The van der Waals surface area contributed by atoms with Crippen LogP contribution in [0.25, 0.3) is 0 Å². The Kier molecular flexibility index (Phi) is 2.57. The molecule has 0 heterocycles. The Bertz CT molecular complexity index is 253. The van der Waals surface area contributed by atoms with E-state index < -0.39 is 11.9 Å². The molecule has 2 rings (SSSR count). The van der Waals surface area contributed by atoms with E-state index in [9.17, 15) is 9.59 Å². The molecule has 0 radical (unpaired) electrons. The number of aliphatic carboxylic acids is 1. The van der Waals surface area contributed by atoms with Crippen molar-refractivity contribution in [2.75, 3.05) is 0 Å². The minimum Gasteiger partial charge on any atom is -0.481 e. The van der Waals surface area contributed by atoms with E-state index >= 15 is 0 Å². The molecule has 2 aliphatic rings. The van der Waals surface area contributed by atoms with Crippen molar-refractivity contribution in [3.63, 3.8) is 0 Å². The van der Waals surface area contributed by atoms with E-state index in [0.717, 1.165) is 12.8 Å². The van der Waals surface area contributed by atoms with Crippen LogP contribution in [0.3, 0.4) is 0 Å². The quantitative estimate of drug-likeness (QED) is 0.733. The molecule has 3 heteroatoms. The molecule has 1 N–H and O–H groups in total. The third-order valence-corrected chi connectivity index (χ3v) is 3.72. The molecule has 2 fully saturated rings. The summed E-state index contributed by atoms with van der Waals surface area (Å²) in [4.78, 5) is 22.4. The molecule has 78 valence electrons. The standard InChI is InChI=1S/C11H16O3/c12-10-6-8(11(13)14)5-9(10)7-3-1-2-4-7/h7-9H,1-6H2,(H,13,14). The first-order chi connectivity index (χ1) is 6.68. The first kappa shape index (κ1) is 9.69. The second-order valence-electron chi connectivity index (χ2n) is 4.59. The van der Waals surface area contributed by atoms with E-state index in [2.05, 4.69) is 0 Å². The molecule has 0 amide bonds. The Morgan fingerprint density at radius 2 is 1.93 bits per heavy atom. The Labute approximate surface area is 83.5 Å². The zero-order valence-electron chi connectivity index (χ0n) is 8.24. The summed E-state index contributed by atoms with van der Waals surface area (Å²) in [6.07, 6.45) is 5.55. The van der Waals surface area contributed by atoms with E-state index in [4.69, 9.17) is 5.11 Å². The zero-order chi connectivity index (χ0) is 10.1. The lowest BCUT2D eigenvalue weighted by atomic mass is 9.88. The highest BCUT2D eigenvalue weighted by Crippen LogP contribution is 2.40. The molecule has 0 aromatic rings. The van der Waals surface area contributed by atoms with Crippen LogP contribution in [-0.2, 0) is 9.59 Å². The molecule has 0 bridgehead atoms. The number of carboxylic acid groups (broad SMARTS) is 1. The fourth-order valence-corrected chi connectivity index (χ4v) is 2.92. The van der Waals surface area contributed by atoms with Gasteiger partial charge in [0.2, 0.25) is 0 Å². The van der Waals surface area contributed by atoms with Crippen molar-refractivity contribution in [1.82, 2.24) is 0 Å². The molecule has 3 nitrogen and oxygen atoms in total. The lowest BCUT2D eigenvalue weighted by Crippen LogP contribution is -2.16. The fourth-order valence-electron chi connectivity index (χ4n) is 2.92. The van der Waals surface area contributed by atoms with Crippen LogP contribution in [-0.4, -0.2) is 16.9 Å². The van der Waals surface area contributed by atoms with Crippen molar-refractivity contribution in [3.8, 4) is 0 Å². The Morgan fingerprint density at radius 1 is 1.29 bits per heavy atom. The third-order valence-electron chi connectivity index (χ3n) is 3.72. The van der Waals surface area contributed by atoms with Gasteiger partial charge in [0.25, 0.3) is 0 Å². The van der Waals surface area contributed by atoms with Crippen LogP contribution in [0, 0.1) is 17.8 Å². The van der Waals surface area contributed by atoms with Crippen molar-refractivity contribution in [1.29, 1.82) is 0 Å². The normalized spacial score (nSPS) is 33.9. The van der Waals surface area contributed by atoms with E-state index in [0.29, 0.717) is 12.3 Å². The lowest BCUT2D eigenvalue weighted by Gasteiger charge is -2.15. The number of carbonyl (C=O) groups is 2. The van der Waals surface area contributed by atoms with Crippen LogP contribution in [0.5, 0.6) is 0 Å². The van der Waals surface area contributed by atoms with Crippen molar-refractivity contribution in [2.45, 2.75) is 38.5 Å². The second-order valence-corrected chi connectivity index (χ2v) is 4.59. The van der Waals surface area contributed by atoms with Gasteiger partial charge in [0, 0.05) is 12.3 Å². The highest BCUT2D eigenvalue weighted by atomic mass is 16.4. The van der Waals surface area contributed by atoms with Gasteiger partial charge in [-0.05, 0) is 25.2 Å². The van der Waals surface area contributed by atoms with Gasteiger partial charge in [0.05, 0.1) is 5.92 Å². The number of carboxylic acids is 1. The number of rotatable bonds is 2. The summed E-state index contributed by atoms with van der Waals surface area (Å²) in [6.45, 7) is 0. The number of hydrogen-bond acceptors (Lipinski definition) is 2. The summed E-state index contributed by atoms with van der Waals surface area (Å²) >= 11 is 0. The molecule has 0 spiro atoms. The van der Waals surface area contributed by atoms with Crippen LogP contribution in [0.4, 0.5) is 0 Å². The summed E-state index contributed by atoms with van der Waals surface area (Å²) < 4.78 is 0. The van der Waals surface area contributed by atoms with Gasteiger partial charge >= 0.3 is 5.97 Å². The van der Waals surface area contributed by atoms with Gasteiger partial charge in [-0.1, -0.05) is 12.8 Å². The van der Waals surface area contributed by atoms with Gasteiger partial charge in [-0.25, -0.2) is 0 Å². The van der Waals surface area contributed by atoms with E-state index in [1.807, 2.05) is 0 Å². The van der Waals surface area contributed by atoms with Crippen molar-refractivity contribution < 1.29 is 14.7 Å². The average Bonchev–Trinajstić information content (AvgIpc) is 2.71. The van der Waals surface area contributed by atoms with Crippen LogP contribution in [0.1, 0.15) is 38.5 Å². The highest BCUT2D eigenvalue weighted by Gasteiger charge is 2.41. The summed E-state index contributed by atoms with van der Waals surface area (Å²) in [6, 6.07) is 0. The Morgan fingerprint density at radius 3 is 2.43 bits per heavy atom. The topological polar surface area (TPSA) is 54.4 Å². The molecule has 2 atom stereocenters. The SMILES string of the molecule is O=C(O)C1CC(=O)C(C2CCCC2)C1. The van der Waals surface area contributed by atoms with Gasteiger partial charge < -0.3 is 5.11 Å². The minimum atomic E-state index is -0.793. The number of carbonyl (C=O) groups excluding carboxylic acids is 1. The van der Waals surface area contributed by atoms with Crippen LogP contribution in [0.15, 0.2) is 0 Å². The van der Waals surface area contributed by atoms with Gasteiger partial charge in [0.1, 0.15) is 5.78 Å². The van der Waals surface area contributed by atoms with Crippen LogP contribution < -0.4 is 0 Å². The molecular formula is C11H16O3. The largest absolute Gasteiger partial charge is 0.481 e. The Hall–Kier alpha value is -0.860. The van der Waals surface area contributed by atoms with Crippen molar-refractivity contribution in [2.24, 2.45) is 17.8 Å². The van der Waals surface area contributed by atoms with Gasteiger partial charge in [-0.15, -0.1) is 0 Å². The van der Waals surface area contributed by atoms with Gasteiger partial charge in [0.15, 0.2) is 0 Å². The van der Waals surface area contributed by atoms with E-state index in [1.54, 1.807) is 0 Å². The van der Waals surface area contributed by atoms with E-state index in [1.165, 1.54) is 12.8 Å².